The molecule has 1 aliphatic heterocycles. The molecular formula is C13H14N4O2S2. The highest BCUT2D eigenvalue weighted by Gasteiger charge is 2.35. The van der Waals surface area contributed by atoms with Crippen LogP contribution in [0.1, 0.15) is 17.8 Å². The number of rotatable bonds is 3. The van der Waals surface area contributed by atoms with Gasteiger partial charge in [0.15, 0.2) is 0 Å². The Morgan fingerprint density at radius 2 is 2.38 bits per heavy atom. The van der Waals surface area contributed by atoms with Crippen molar-refractivity contribution in [2.45, 2.75) is 18.1 Å². The maximum Gasteiger partial charge on any atom is 0.338 e. The normalized spacial score (nSPS) is 17.4. The summed E-state index contributed by atoms with van der Waals surface area (Å²) in [7, 11) is 1.39. The number of thiophene rings is 1. The number of esters is 1. The third kappa shape index (κ3) is 2.34. The van der Waals surface area contributed by atoms with Crippen molar-refractivity contribution in [1.29, 1.82) is 0 Å². The molecule has 1 aliphatic rings. The van der Waals surface area contributed by atoms with Crippen LogP contribution in [0, 0.1) is 0 Å². The first-order valence-electron chi connectivity index (χ1n) is 6.25. The fraction of sp³-hybridized carbons (Fsp3) is 0.308. The lowest BCUT2D eigenvalue weighted by Gasteiger charge is -2.26. The number of allylic oxidation sites excluding steroid dienone is 1. The molecular weight excluding hydrogens is 308 g/mol. The molecule has 2 aromatic rings. The van der Waals surface area contributed by atoms with Gasteiger partial charge in [-0.2, -0.15) is 4.98 Å². The molecule has 0 amide bonds. The summed E-state index contributed by atoms with van der Waals surface area (Å²) in [6, 6.07) is 3.64. The summed E-state index contributed by atoms with van der Waals surface area (Å²) < 4.78 is 6.68. The summed E-state index contributed by atoms with van der Waals surface area (Å²) in [5.41, 5.74) is 1.30. The monoisotopic (exact) mass is 322 g/mol. The second-order valence-electron chi connectivity index (χ2n) is 4.44. The molecule has 1 atom stereocenters. The third-order valence-electron chi connectivity index (χ3n) is 3.23. The topological polar surface area (TPSA) is 69.0 Å². The Hall–Kier alpha value is -1.80. The Labute approximate surface area is 130 Å². The summed E-state index contributed by atoms with van der Waals surface area (Å²) in [5, 5.41) is 10.3. The Morgan fingerprint density at radius 1 is 1.57 bits per heavy atom. The number of thioether (sulfide) groups is 1. The predicted molar refractivity (Wildman–Crippen MR) is 82.6 cm³/mol. The van der Waals surface area contributed by atoms with Crippen LogP contribution in [0.4, 0.5) is 5.95 Å². The van der Waals surface area contributed by atoms with Gasteiger partial charge in [-0.05, 0) is 24.6 Å². The van der Waals surface area contributed by atoms with Gasteiger partial charge in [0.25, 0.3) is 0 Å². The molecule has 21 heavy (non-hydrogen) atoms. The van der Waals surface area contributed by atoms with Gasteiger partial charge in [0.05, 0.1) is 12.7 Å². The van der Waals surface area contributed by atoms with E-state index in [1.165, 1.54) is 18.9 Å². The van der Waals surface area contributed by atoms with Gasteiger partial charge in [-0.25, -0.2) is 9.48 Å². The molecule has 0 saturated heterocycles. The molecule has 1 unspecified atom stereocenters. The fourth-order valence-electron chi connectivity index (χ4n) is 2.30. The van der Waals surface area contributed by atoms with E-state index >= 15 is 0 Å². The number of nitrogens with one attached hydrogen (secondary N) is 1. The van der Waals surface area contributed by atoms with Crippen LogP contribution in [0.3, 0.4) is 0 Å². The Morgan fingerprint density at radius 3 is 3.00 bits per heavy atom. The van der Waals surface area contributed by atoms with Gasteiger partial charge in [-0.1, -0.05) is 17.8 Å². The van der Waals surface area contributed by atoms with E-state index in [1.54, 1.807) is 16.0 Å². The van der Waals surface area contributed by atoms with Crippen molar-refractivity contribution in [3.63, 3.8) is 0 Å². The van der Waals surface area contributed by atoms with Crippen molar-refractivity contribution in [2.75, 3.05) is 18.7 Å². The first-order chi connectivity index (χ1) is 10.2. The Bertz CT molecular complexity index is 706. The van der Waals surface area contributed by atoms with Gasteiger partial charge in [-0.15, -0.1) is 16.4 Å². The number of aromatic nitrogens is 3. The smallest absolute Gasteiger partial charge is 0.338 e. The molecule has 1 N–H and O–H groups in total. The van der Waals surface area contributed by atoms with Crippen LogP contribution in [-0.2, 0) is 9.53 Å². The molecule has 8 heteroatoms. The number of carbonyl (C=O) groups is 1. The van der Waals surface area contributed by atoms with Crippen molar-refractivity contribution in [2.24, 2.45) is 0 Å². The summed E-state index contributed by atoms with van der Waals surface area (Å²) >= 11 is 3.04. The third-order valence-corrected chi connectivity index (χ3v) is 4.70. The van der Waals surface area contributed by atoms with Crippen molar-refractivity contribution in [1.82, 2.24) is 14.8 Å². The van der Waals surface area contributed by atoms with Crippen LogP contribution in [-0.4, -0.2) is 34.1 Å². The zero-order chi connectivity index (χ0) is 15.0. The maximum atomic E-state index is 12.2. The van der Waals surface area contributed by atoms with Crippen molar-refractivity contribution >= 4 is 35.0 Å². The second kappa shape index (κ2) is 5.53. The first kappa shape index (κ1) is 14.2. The lowest BCUT2D eigenvalue weighted by molar-refractivity contribution is -0.136. The summed E-state index contributed by atoms with van der Waals surface area (Å²) in [4.78, 5) is 17.6. The number of hydrogen-bond donors (Lipinski definition) is 1. The van der Waals surface area contributed by atoms with E-state index < -0.39 is 0 Å². The minimum absolute atomic E-state index is 0.304. The molecule has 3 rings (SSSR count). The van der Waals surface area contributed by atoms with E-state index in [-0.39, 0.29) is 12.0 Å². The van der Waals surface area contributed by atoms with Gasteiger partial charge >= 0.3 is 5.97 Å². The molecule has 2 aromatic heterocycles. The van der Waals surface area contributed by atoms with Gasteiger partial charge < -0.3 is 10.1 Å². The van der Waals surface area contributed by atoms with Crippen LogP contribution < -0.4 is 5.32 Å². The highest BCUT2D eigenvalue weighted by atomic mass is 32.2. The van der Waals surface area contributed by atoms with Crippen LogP contribution in [0.5, 0.6) is 0 Å². The van der Waals surface area contributed by atoms with Crippen molar-refractivity contribution in [3.05, 3.63) is 33.7 Å². The fourth-order valence-corrected chi connectivity index (χ4v) is 3.47. The van der Waals surface area contributed by atoms with E-state index in [1.807, 2.05) is 30.7 Å². The van der Waals surface area contributed by atoms with Gasteiger partial charge in [0, 0.05) is 10.6 Å². The molecule has 0 saturated carbocycles. The molecule has 0 bridgehead atoms. The number of fused-ring (bicyclic) bond motifs is 1. The van der Waals surface area contributed by atoms with Gasteiger partial charge in [0.1, 0.15) is 6.04 Å². The number of methoxy groups -OCH3 is 1. The zero-order valence-corrected chi connectivity index (χ0v) is 13.4. The number of carbonyl (C=O) groups excluding carboxylic acids is 1. The molecule has 0 radical (unpaired) electrons. The Balaban J connectivity index is 2.17. The summed E-state index contributed by atoms with van der Waals surface area (Å²) in [6.45, 7) is 1.85. The molecule has 110 valence electrons. The SMILES string of the molecule is COC(=O)C1=C(C)Nc2nc(SC)nn2C1c1cccs1. The maximum absolute atomic E-state index is 12.2. The largest absolute Gasteiger partial charge is 0.466 e. The quantitative estimate of drug-likeness (QED) is 0.692. The average molecular weight is 322 g/mol. The highest BCUT2D eigenvalue weighted by Crippen LogP contribution is 2.37. The molecule has 6 nitrogen and oxygen atoms in total. The van der Waals surface area contributed by atoms with E-state index in [4.69, 9.17) is 4.74 Å². The highest BCUT2D eigenvalue weighted by molar-refractivity contribution is 7.98. The van der Waals surface area contributed by atoms with Crippen LogP contribution >= 0.6 is 23.1 Å². The number of nitrogens with zero attached hydrogens (tertiary/aromatic N) is 3. The van der Waals surface area contributed by atoms with Crippen molar-refractivity contribution in [3.8, 4) is 0 Å². The lowest BCUT2D eigenvalue weighted by atomic mass is 10.0. The Kier molecular flexibility index (Phi) is 3.73. The van der Waals surface area contributed by atoms with E-state index in [2.05, 4.69) is 15.4 Å². The predicted octanol–water partition coefficient (Wildman–Crippen LogP) is 2.52. The number of anilines is 1. The molecule has 0 spiro atoms. The molecule has 3 heterocycles. The number of ether oxygens (including phenoxy) is 1. The zero-order valence-electron chi connectivity index (χ0n) is 11.8. The van der Waals surface area contributed by atoms with E-state index in [0.717, 1.165) is 10.6 Å². The first-order valence-corrected chi connectivity index (χ1v) is 8.36. The molecule has 0 aromatic carbocycles. The van der Waals surface area contributed by atoms with Crippen LogP contribution in [0.2, 0.25) is 0 Å². The van der Waals surface area contributed by atoms with Crippen LogP contribution in [0.15, 0.2) is 33.9 Å². The standard InChI is InChI=1S/C13H14N4O2S2/c1-7-9(11(18)19-2)10(8-5-4-6-21-8)17-12(14-7)15-13(16-17)20-3/h4-6,10H,1-3H3,(H,14,15,16). The average Bonchev–Trinajstić information content (AvgIpc) is 3.13. The minimum atomic E-state index is -0.356. The van der Waals surface area contributed by atoms with E-state index in [0.29, 0.717) is 16.7 Å². The molecule has 0 fully saturated rings. The molecule has 0 aliphatic carbocycles. The minimum Gasteiger partial charge on any atom is -0.466 e. The van der Waals surface area contributed by atoms with Gasteiger partial charge in [0.2, 0.25) is 11.1 Å². The van der Waals surface area contributed by atoms with E-state index in [9.17, 15) is 4.79 Å². The van der Waals surface area contributed by atoms with Crippen LogP contribution in [0.25, 0.3) is 0 Å². The lowest BCUT2D eigenvalue weighted by Crippen LogP contribution is -2.28. The number of hydrogen-bond acceptors (Lipinski definition) is 7. The van der Waals surface area contributed by atoms with Crippen molar-refractivity contribution < 1.29 is 9.53 Å². The summed E-state index contributed by atoms with van der Waals surface area (Å²) in [5.74, 6) is 0.285. The summed E-state index contributed by atoms with van der Waals surface area (Å²) in [6.07, 6.45) is 1.92. The second-order valence-corrected chi connectivity index (χ2v) is 6.19. The van der Waals surface area contributed by atoms with Gasteiger partial charge in [-0.3, -0.25) is 0 Å².